The summed E-state index contributed by atoms with van der Waals surface area (Å²) in [5, 5.41) is 3.58. The van der Waals surface area contributed by atoms with Crippen molar-refractivity contribution in [2.75, 3.05) is 0 Å². The van der Waals surface area contributed by atoms with Gasteiger partial charge in [0.25, 0.3) is 0 Å². The Balaban J connectivity index is 1.95. The van der Waals surface area contributed by atoms with Crippen molar-refractivity contribution in [3.05, 3.63) is 47.3 Å². The van der Waals surface area contributed by atoms with Gasteiger partial charge in [-0.1, -0.05) is 43.7 Å². The molecular formula is C16H21NS. The Hall–Kier alpha value is -1.12. The van der Waals surface area contributed by atoms with Crippen molar-refractivity contribution in [2.24, 2.45) is 0 Å². The first kappa shape index (κ1) is 13.3. The van der Waals surface area contributed by atoms with E-state index in [-0.39, 0.29) is 0 Å². The lowest BCUT2D eigenvalue weighted by atomic mass is 10.2. The molecule has 1 nitrogen and oxygen atoms in total. The van der Waals surface area contributed by atoms with Gasteiger partial charge in [0.1, 0.15) is 0 Å². The Morgan fingerprint density at radius 1 is 1.11 bits per heavy atom. The van der Waals surface area contributed by atoms with Crippen LogP contribution >= 0.6 is 11.3 Å². The van der Waals surface area contributed by atoms with E-state index in [0.29, 0.717) is 6.04 Å². The van der Waals surface area contributed by atoms with Gasteiger partial charge in [-0.15, -0.1) is 11.3 Å². The standard InChI is InChI=1S/C16H21NS/c1-3-7-13(2)17-12-15-10-11-16(18-15)14-8-5-4-6-9-14/h4-6,8-11,13,17H,3,7,12H2,1-2H3. The Kier molecular flexibility index (Phi) is 4.97. The third-order valence-corrected chi connectivity index (χ3v) is 4.20. The normalized spacial score (nSPS) is 12.6. The van der Waals surface area contributed by atoms with Gasteiger partial charge < -0.3 is 5.32 Å². The van der Waals surface area contributed by atoms with Crippen molar-refractivity contribution in [2.45, 2.75) is 39.3 Å². The van der Waals surface area contributed by atoms with Crippen LogP contribution in [-0.4, -0.2) is 6.04 Å². The quantitative estimate of drug-likeness (QED) is 0.793. The Morgan fingerprint density at radius 3 is 2.61 bits per heavy atom. The van der Waals surface area contributed by atoms with Gasteiger partial charge in [0.2, 0.25) is 0 Å². The Labute approximate surface area is 114 Å². The zero-order valence-electron chi connectivity index (χ0n) is 11.1. The molecule has 0 saturated carbocycles. The monoisotopic (exact) mass is 259 g/mol. The van der Waals surface area contributed by atoms with Crippen LogP contribution in [-0.2, 0) is 6.54 Å². The summed E-state index contributed by atoms with van der Waals surface area (Å²) in [5.41, 5.74) is 1.32. The minimum atomic E-state index is 0.609. The number of hydrogen-bond acceptors (Lipinski definition) is 2. The van der Waals surface area contributed by atoms with Crippen LogP contribution < -0.4 is 5.32 Å². The van der Waals surface area contributed by atoms with Crippen LogP contribution in [0.15, 0.2) is 42.5 Å². The number of thiophene rings is 1. The molecule has 96 valence electrons. The molecule has 0 aliphatic rings. The predicted molar refractivity (Wildman–Crippen MR) is 81.0 cm³/mol. The average Bonchev–Trinajstić information content (AvgIpc) is 2.87. The minimum absolute atomic E-state index is 0.609. The molecule has 0 spiro atoms. The second-order valence-electron chi connectivity index (χ2n) is 4.70. The largest absolute Gasteiger partial charge is 0.309 e. The zero-order valence-corrected chi connectivity index (χ0v) is 12.0. The van der Waals surface area contributed by atoms with Crippen LogP contribution in [0.3, 0.4) is 0 Å². The van der Waals surface area contributed by atoms with E-state index < -0.39 is 0 Å². The second kappa shape index (κ2) is 6.72. The molecule has 1 atom stereocenters. The molecule has 1 heterocycles. The maximum atomic E-state index is 3.58. The third kappa shape index (κ3) is 3.69. The highest BCUT2D eigenvalue weighted by Crippen LogP contribution is 2.27. The molecule has 0 aliphatic carbocycles. The van der Waals surface area contributed by atoms with Gasteiger partial charge in [0.05, 0.1) is 0 Å². The molecule has 2 aromatic rings. The van der Waals surface area contributed by atoms with Crippen LogP contribution in [0.2, 0.25) is 0 Å². The maximum Gasteiger partial charge on any atom is 0.0346 e. The van der Waals surface area contributed by atoms with E-state index >= 15 is 0 Å². The smallest absolute Gasteiger partial charge is 0.0346 e. The molecule has 0 radical (unpaired) electrons. The lowest BCUT2D eigenvalue weighted by Crippen LogP contribution is -2.24. The molecular weight excluding hydrogens is 238 g/mol. The van der Waals surface area contributed by atoms with E-state index in [4.69, 9.17) is 0 Å². The van der Waals surface area contributed by atoms with Gasteiger partial charge in [-0.3, -0.25) is 0 Å². The van der Waals surface area contributed by atoms with Gasteiger partial charge in [0.15, 0.2) is 0 Å². The first-order chi connectivity index (χ1) is 8.79. The van der Waals surface area contributed by atoms with Crippen LogP contribution in [0.25, 0.3) is 10.4 Å². The highest BCUT2D eigenvalue weighted by Gasteiger charge is 2.04. The molecule has 0 fully saturated rings. The van der Waals surface area contributed by atoms with Crippen LogP contribution in [0.4, 0.5) is 0 Å². The number of hydrogen-bond donors (Lipinski definition) is 1. The Morgan fingerprint density at radius 2 is 1.89 bits per heavy atom. The summed E-state index contributed by atoms with van der Waals surface area (Å²) in [6.45, 7) is 5.48. The summed E-state index contributed by atoms with van der Waals surface area (Å²) < 4.78 is 0. The van der Waals surface area contributed by atoms with Crippen LogP contribution in [0, 0.1) is 0 Å². The first-order valence-corrected chi connectivity index (χ1v) is 7.48. The molecule has 2 rings (SSSR count). The first-order valence-electron chi connectivity index (χ1n) is 6.67. The molecule has 1 aromatic heterocycles. The summed E-state index contributed by atoms with van der Waals surface area (Å²) in [5.74, 6) is 0. The molecule has 1 N–H and O–H groups in total. The van der Waals surface area contributed by atoms with Gasteiger partial charge in [-0.2, -0.15) is 0 Å². The maximum absolute atomic E-state index is 3.58. The molecule has 1 unspecified atom stereocenters. The van der Waals surface area contributed by atoms with E-state index in [2.05, 4.69) is 61.6 Å². The SMILES string of the molecule is CCCC(C)NCc1ccc(-c2ccccc2)s1. The van der Waals surface area contributed by atoms with Gasteiger partial charge >= 0.3 is 0 Å². The van der Waals surface area contributed by atoms with Gasteiger partial charge in [-0.25, -0.2) is 0 Å². The fourth-order valence-electron chi connectivity index (χ4n) is 2.04. The lowest BCUT2D eigenvalue weighted by Gasteiger charge is -2.11. The van der Waals surface area contributed by atoms with Crippen molar-refractivity contribution in [1.29, 1.82) is 0 Å². The van der Waals surface area contributed by atoms with Crippen molar-refractivity contribution in [3.63, 3.8) is 0 Å². The lowest BCUT2D eigenvalue weighted by molar-refractivity contribution is 0.511. The van der Waals surface area contributed by atoms with Crippen molar-refractivity contribution >= 4 is 11.3 Å². The van der Waals surface area contributed by atoms with E-state index in [9.17, 15) is 0 Å². The zero-order chi connectivity index (χ0) is 12.8. The summed E-state index contributed by atoms with van der Waals surface area (Å²) in [6, 6.07) is 15.7. The van der Waals surface area contributed by atoms with Crippen LogP contribution in [0.5, 0.6) is 0 Å². The van der Waals surface area contributed by atoms with E-state index in [0.717, 1.165) is 6.54 Å². The number of nitrogens with one attached hydrogen (secondary N) is 1. The third-order valence-electron chi connectivity index (χ3n) is 3.07. The molecule has 0 aliphatic heterocycles. The highest BCUT2D eigenvalue weighted by molar-refractivity contribution is 7.15. The minimum Gasteiger partial charge on any atom is -0.309 e. The van der Waals surface area contributed by atoms with Crippen molar-refractivity contribution in [1.82, 2.24) is 5.32 Å². The fraction of sp³-hybridized carbons (Fsp3) is 0.375. The van der Waals surface area contributed by atoms with Crippen molar-refractivity contribution in [3.8, 4) is 10.4 Å². The molecule has 0 bridgehead atoms. The second-order valence-corrected chi connectivity index (χ2v) is 5.87. The summed E-state index contributed by atoms with van der Waals surface area (Å²) in [6.07, 6.45) is 2.49. The Bertz CT molecular complexity index is 461. The van der Waals surface area contributed by atoms with E-state index in [1.54, 1.807) is 0 Å². The van der Waals surface area contributed by atoms with E-state index in [1.165, 1.54) is 28.2 Å². The topological polar surface area (TPSA) is 12.0 Å². The van der Waals surface area contributed by atoms with E-state index in [1.807, 2.05) is 11.3 Å². The highest BCUT2D eigenvalue weighted by atomic mass is 32.1. The van der Waals surface area contributed by atoms with Gasteiger partial charge in [-0.05, 0) is 31.0 Å². The molecule has 0 amide bonds. The predicted octanol–water partition coefficient (Wildman–Crippen LogP) is 4.69. The molecule has 2 heteroatoms. The van der Waals surface area contributed by atoms with Gasteiger partial charge in [0, 0.05) is 22.3 Å². The fourth-order valence-corrected chi connectivity index (χ4v) is 3.00. The number of rotatable bonds is 6. The number of benzene rings is 1. The molecule has 0 saturated heterocycles. The summed E-state index contributed by atoms with van der Waals surface area (Å²) in [4.78, 5) is 2.77. The van der Waals surface area contributed by atoms with Crippen molar-refractivity contribution < 1.29 is 0 Å². The van der Waals surface area contributed by atoms with Crippen LogP contribution in [0.1, 0.15) is 31.6 Å². The summed E-state index contributed by atoms with van der Waals surface area (Å²) >= 11 is 1.88. The molecule has 18 heavy (non-hydrogen) atoms. The summed E-state index contributed by atoms with van der Waals surface area (Å²) in [7, 11) is 0. The average molecular weight is 259 g/mol. The molecule has 1 aromatic carbocycles.